The lowest BCUT2D eigenvalue weighted by Gasteiger charge is -2.37. The molecule has 2 unspecified atom stereocenters. The molecule has 0 fully saturated rings. The fourth-order valence-electron chi connectivity index (χ4n) is 2.13. The summed E-state index contributed by atoms with van der Waals surface area (Å²) in [5.74, 6) is 0.251. The molecule has 0 heterocycles. The standard InChI is InChI=1S/C13H29NO3S/c1-7-9-14-12(11(2)8-10-17-5)13(3,4)18(6,15)16/h11-12,14H,7-10H2,1-6H3. The molecule has 0 rings (SSSR count). The molecule has 5 heteroatoms. The van der Waals surface area contributed by atoms with Gasteiger partial charge in [0, 0.05) is 26.0 Å². The zero-order valence-electron chi connectivity index (χ0n) is 12.6. The number of rotatable bonds is 9. The monoisotopic (exact) mass is 279 g/mol. The largest absolute Gasteiger partial charge is 0.385 e. The van der Waals surface area contributed by atoms with Gasteiger partial charge in [-0.1, -0.05) is 13.8 Å². The molecular formula is C13H29NO3S. The molecule has 0 amide bonds. The summed E-state index contributed by atoms with van der Waals surface area (Å²) in [6.45, 7) is 9.26. The van der Waals surface area contributed by atoms with Crippen LogP contribution in [0.15, 0.2) is 0 Å². The van der Waals surface area contributed by atoms with Crippen molar-refractivity contribution in [2.75, 3.05) is 26.5 Å². The van der Waals surface area contributed by atoms with Gasteiger partial charge in [0.25, 0.3) is 0 Å². The first-order valence-corrected chi connectivity index (χ1v) is 8.49. The van der Waals surface area contributed by atoms with Gasteiger partial charge in [-0.2, -0.15) is 0 Å². The van der Waals surface area contributed by atoms with Crippen molar-refractivity contribution in [2.24, 2.45) is 5.92 Å². The van der Waals surface area contributed by atoms with Crippen LogP contribution in [-0.2, 0) is 14.6 Å². The maximum atomic E-state index is 12.0. The highest BCUT2D eigenvalue weighted by Crippen LogP contribution is 2.27. The third-order valence-corrected chi connectivity index (χ3v) is 5.83. The molecule has 1 N–H and O–H groups in total. The van der Waals surface area contributed by atoms with Crippen molar-refractivity contribution in [1.29, 1.82) is 0 Å². The Bertz CT molecular complexity index is 325. The Balaban J connectivity index is 4.97. The summed E-state index contributed by atoms with van der Waals surface area (Å²) in [5.41, 5.74) is 0. The molecule has 0 aromatic carbocycles. The fourth-order valence-corrected chi connectivity index (χ4v) is 2.91. The molecule has 0 aliphatic heterocycles. The summed E-state index contributed by atoms with van der Waals surface area (Å²) in [6.07, 6.45) is 3.17. The number of ether oxygens (including phenoxy) is 1. The summed E-state index contributed by atoms with van der Waals surface area (Å²) < 4.78 is 28.2. The van der Waals surface area contributed by atoms with Crippen LogP contribution in [-0.4, -0.2) is 45.7 Å². The lowest BCUT2D eigenvalue weighted by molar-refractivity contribution is 0.164. The Morgan fingerprint density at radius 2 is 1.89 bits per heavy atom. The minimum Gasteiger partial charge on any atom is -0.385 e. The molecule has 0 aromatic heterocycles. The first kappa shape index (κ1) is 17.9. The maximum absolute atomic E-state index is 12.0. The first-order valence-electron chi connectivity index (χ1n) is 6.60. The molecule has 2 atom stereocenters. The summed E-state index contributed by atoms with van der Waals surface area (Å²) in [7, 11) is -1.44. The zero-order valence-corrected chi connectivity index (χ0v) is 13.4. The van der Waals surface area contributed by atoms with Crippen molar-refractivity contribution >= 4 is 9.84 Å². The number of hydrogen-bond donors (Lipinski definition) is 1. The van der Waals surface area contributed by atoms with Crippen molar-refractivity contribution in [2.45, 2.75) is 51.3 Å². The molecule has 0 bridgehead atoms. The Kier molecular flexibility index (Phi) is 7.40. The minimum atomic E-state index is -3.11. The predicted molar refractivity (Wildman–Crippen MR) is 76.7 cm³/mol. The number of hydrogen-bond acceptors (Lipinski definition) is 4. The second-order valence-electron chi connectivity index (χ2n) is 5.57. The molecule has 0 aliphatic rings. The Labute approximate surface area is 112 Å². The van der Waals surface area contributed by atoms with Crippen molar-refractivity contribution in [3.05, 3.63) is 0 Å². The van der Waals surface area contributed by atoms with Crippen molar-refractivity contribution in [3.8, 4) is 0 Å². The maximum Gasteiger partial charge on any atom is 0.154 e. The third-order valence-electron chi connectivity index (χ3n) is 3.67. The molecule has 0 aromatic rings. The van der Waals surface area contributed by atoms with Gasteiger partial charge in [-0.25, -0.2) is 8.42 Å². The SMILES string of the molecule is CCCNC(C(C)CCOC)C(C)(C)S(C)(=O)=O. The lowest BCUT2D eigenvalue weighted by atomic mass is 9.88. The van der Waals surface area contributed by atoms with Gasteiger partial charge in [0.05, 0.1) is 4.75 Å². The summed E-state index contributed by atoms with van der Waals surface area (Å²) in [4.78, 5) is 0. The Hall–Kier alpha value is -0.130. The average Bonchev–Trinajstić information content (AvgIpc) is 2.25. The fraction of sp³-hybridized carbons (Fsp3) is 1.00. The topological polar surface area (TPSA) is 55.4 Å². The highest BCUT2D eigenvalue weighted by molar-refractivity contribution is 7.92. The number of methoxy groups -OCH3 is 1. The smallest absolute Gasteiger partial charge is 0.154 e. The van der Waals surface area contributed by atoms with Gasteiger partial charge in [-0.05, 0) is 39.2 Å². The van der Waals surface area contributed by atoms with E-state index in [2.05, 4.69) is 19.2 Å². The molecule has 0 aliphatic carbocycles. The van der Waals surface area contributed by atoms with Crippen molar-refractivity contribution < 1.29 is 13.2 Å². The van der Waals surface area contributed by atoms with E-state index in [0.717, 1.165) is 19.4 Å². The Morgan fingerprint density at radius 3 is 2.28 bits per heavy atom. The summed E-state index contributed by atoms with van der Waals surface area (Å²) in [6, 6.07) is -0.0531. The van der Waals surface area contributed by atoms with E-state index in [1.165, 1.54) is 6.26 Å². The van der Waals surface area contributed by atoms with Crippen LogP contribution >= 0.6 is 0 Å². The van der Waals surface area contributed by atoms with Crippen LogP contribution in [0.2, 0.25) is 0 Å². The molecule has 4 nitrogen and oxygen atoms in total. The highest BCUT2D eigenvalue weighted by atomic mass is 32.2. The number of nitrogens with one attached hydrogen (secondary N) is 1. The molecule has 0 saturated heterocycles. The number of sulfone groups is 1. The second-order valence-corrected chi connectivity index (χ2v) is 8.16. The predicted octanol–water partition coefficient (Wildman–Crippen LogP) is 1.85. The van der Waals surface area contributed by atoms with Gasteiger partial charge >= 0.3 is 0 Å². The van der Waals surface area contributed by atoms with Crippen LogP contribution in [0, 0.1) is 5.92 Å². The summed E-state index contributed by atoms with van der Waals surface area (Å²) >= 11 is 0. The van der Waals surface area contributed by atoms with Gasteiger partial charge in [0.1, 0.15) is 0 Å². The van der Waals surface area contributed by atoms with E-state index in [1.54, 1.807) is 21.0 Å². The first-order chi connectivity index (χ1) is 8.18. The lowest BCUT2D eigenvalue weighted by Crippen LogP contribution is -2.55. The van der Waals surface area contributed by atoms with Crippen LogP contribution in [0.25, 0.3) is 0 Å². The average molecular weight is 279 g/mol. The van der Waals surface area contributed by atoms with Gasteiger partial charge in [-0.15, -0.1) is 0 Å². The van der Waals surface area contributed by atoms with Gasteiger partial charge in [0.15, 0.2) is 9.84 Å². The summed E-state index contributed by atoms with van der Waals surface area (Å²) in [5, 5.41) is 3.39. The zero-order chi connectivity index (χ0) is 14.4. The van der Waals surface area contributed by atoms with E-state index in [1.807, 2.05) is 0 Å². The Morgan fingerprint density at radius 1 is 1.33 bits per heavy atom. The quantitative estimate of drug-likeness (QED) is 0.700. The second kappa shape index (κ2) is 7.46. The molecule has 0 saturated carbocycles. The van der Waals surface area contributed by atoms with Crippen LogP contribution in [0.4, 0.5) is 0 Å². The van der Waals surface area contributed by atoms with Gasteiger partial charge < -0.3 is 10.1 Å². The van der Waals surface area contributed by atoms with E-state index in [-0.39, 0.29) is 12.0 Å². The highest BCUT2D eigenvalue weighted by Gasteiger charge is 2.41. The van der Waals surface area contributed by atoms with E-state index < -0.39 is 14.6 Å². The minimum absolute atomic E-state index is 0.0531. The van der Waals surface area contributed by atoms with Crippen molar-refractivity contribution in [1.82, 2.24) is 5.32 Å². The molecule has 0 spiro atoms. The normalized spacial score (nSPS) is 16.6. The van der Waals surface area contributed by atoms with Gasteiger partial charge in [0.2, 0.25) is 0 Å². The molecule has 110 valence electrons. The van der Waals surface area contributed by atoms with Gasteiger partial charge in [-0.3, -0.25) is 0 Å². The van der Waals surface area contributed by atoms with Crippen LogP contribution in [0.3, 0.4) is 0 Å². The van der Waals surface area contributed by atoms with E-state index in [0.29, 0.717) is 6.61 Å². The van der Waals surface area contributed by atoms with Crippen molar-refractivity contribution in [3.63, 3.8) is 0 Å². The van der Waals surface area contributed by atoms with E-state index >= 15 is 0 Å². The van der Waals surface area contributed by atoms with Crippen LogP contribution < -0.4 is 5.32 Å². The molecular weight excluding hydrogens is 250 g/mol. The third kappa shape index (κ3) is 4.86. The molecule has 0 radical (unpaired) electrons. The van der Waals surface area contributed by atoms with Crippen LogP contribution in [0.1, 0.15) is 40.5 Å². The van der Waals surface area contributed by atoms with E-state index in [4.69, 9.17) is 4.74 Å². The molecule has 18 heavy (non-hydrogen) atoms. The van der Waals surface area contributed by atoms with E-state index in [9.17, 15) is 8.42 Å². The van der Waals surface area contributed by atoms with Crippen LogP contribution in [0.5, 0.6) is 0 Å².